The maximum absolute atomic E-state index is 12.2. The monoisotopic (exact) mass is 338 g/mol. The third kappa shape index (κ3) is 6.18. The van der Waals surface area contributed by atoms with Gasteiger partial charge in [-0.15, -0.1) is 0 Å². The van der Waals surface area contributed by atoms with E-state index in [1.807, 2.05) is 13.8 Å². The van der Waals surface area contributed by atoms with E-state index in [1.165, 1.54) is 0 Å². The molecule has 0 saturated heterocycles. The zero-order chi connectivity index (χ0) is 18.1. The van der Waals surface area contributed by atoms with Gasteiger partial charge in [0.25, 0.3) is 5.91 Å². The molecule has 0 aliphatic carbocycles. The first-order valence-corrected chi connectivity index (χ1v) is 7.27. The van der Waals surface area contributed by atoms with Crippen molar-refractivity contribution in [2.24, 2.45) is 17.6 Å². The van der Waals surface area contributed by atoms with Crippen LogP contribution in [-0.4, -0.2) is 34.1 Å². The molecule has 1 atom stereocenters. The second-order valence-corrected chi connectivity index (χ2v) is 5.38. The number of urea groups is 1. The summed E-state index contributed by atoms with van der Waals surface area (Å²) < 4.78 is 5.01. The zero-order valence-corrected chi connectivity index (χ0v) is 13.6. The number of nitrogens with zero attached hydrogens (tertiary/aromatic N) is 2. The van der Waals surface area contributed by atoms with Gasteiger partial charge in [-0.25, -0.2) is 21.3 Å². The number of carbonyl (C=O) groups is 3. The molecule has 1 aromatic rings. The van der Waals surface area contributed by atoms with Gasteiger partial charge in [-0.3, -0.25) is 15.2 Å². The van der Waals surface area contributed by atoms with E-state index in [2.05, 4.69) is 10.3 Å². The summed E-state index contributed by atoms with van der Waals surface area (Å²) >= 11 is 0. The number of ether oxygens (including phenoxy) is 1. The molecule has 1 rings (SSSR count). The maximum atomic E-state index is 12.2. The van der Waals surface area contributed by atoms with Crippen molar-refractivity contribution < 1.29 is 19.1 Å². The Bertz CT molecular complexity index is 566. The molecule has 1 heterocycles. The van der Waals surface area contributed by atoms with Gasteiger partial charge in [0.15, 0.2) is 0 Å². The van der Waals surface area contributed by atoms with Gasteiger partial charge in [0.2, 0.25) is 0 Å². The van der Waals surface area contributed by atoms with Crippen LogP contribution in [0.5, 0.6) is 0 Å². The molecule has 10 heteroatoms. The second kappa shape index (κ2) is 9.43. The molecular formula is C14H22N6O4. The average Bonchev–Trinajstić information content (AvgIpc) is 2.57. The van der Waals surface area contributed by atoms with Gasteiger partial charge in [0.1, 0.15) is 12.6 Å². The van der Waals surface area contributed by atoms with Crippen molar-refractivity contribution in [2.45, 2.75) is 32.9 Å². The number of imide groups is 1. The Morgan fingerprint density at radius 1 is 1.33 bits per heavy atom. The lowest BCUT2D eigenvalue weighted by atomic mass is 10.0. The number of carbonyl (C=O) groups excluding carboxylic acids is 3. The van der Waals surface area contributed by atoms with Crippen LogP contribution in [-0.2, 0) is 16.1 Å². The zero-order valence-electron chi connectivity index (χ0n) is 13.6. The highest BCUT2D eigenvalue weighted by molar-refractivity contribution is 5.97. The fraction of sp³-hybridized carbons (Fsp3) is 0.429. The Balaban J connectivity index is 2.65. The van der Waals surface area contributed by atoms with Crippen LogP contribution in [0.2, 0.25) is 0 Å². The lowest BCUT2D eigenvalue weighted by molar-refractivity contribution is -0.131. The molecule has 132 valence electrons. The molecular weight excluding hydrogens is 316 g/mol. The lowest BCUT2D eigenvalue weighted by Crippen LogP contribution is -2.57. The number of nitrogens with one attached hydrogen (secondary N) is 2. The molecule has 1 aromatic heterocycles. The first-order valence-electron chi connectivity index (χ1n) is 7.27. The number of aromatic nitrogens is 1. The highest BCUT2D eigenvalue weighted by Gasteiger charge is 2.29. The quantitative estimate of drug-likeness (QED) is 0.324. The van der Waals surface area contributed by atoms with Gasteiger partial charge in [0, 0.05) is 6.20 Å². The molecule has 6 N–H and O–H groups in total. The Hall–Kier alpha value is -2.72. The molecule has 0 bridgehead atoms. The molecule has 4 amide bonds. The number of hydrogen-bond acceptors (Lipinski definition) is 7. The van der Waals surface area contributed by atoms with Crippen LogP contribution in [0.1, 0.15) is 26.0 Å². The van der Waals surface area contributed by atoms with Gasteiger partial charge in [0.05, 0.1) is 5.69 Å². The normalized spacial score (nSPS) is 11.5. The molecule has 10 nitrogen and oxygen atoms in total. The fourth-order valence-electron chi connectivity index (χ4n) is 1.84. The predicted molar refractivity (Wildman–Crippen MR) is 84.6 cm³/mol. The van der Waals surface area contributed by atoms with Crippen molar-refractivity contribution in [1.29, 1.82) is 0 Å². The number of hydrogen-bond donors (Lipinski definition) is 4. The molecule has 0 aliphatic rings. The summed E-state index contributed by atoms with van der Waals surface area (Å²) in [6, 6.07) is 3.17. The molecule has 24 heavy (non-hydrogen) atoms. The SMILES string of the molecule is CC(C)C[C@H](NC(=O)OCc1ccccn1)C(=O)N(N)C(=O)NN. The first-order chi connectivity index (χ1) is 11.3. The van der Waals surface area contributed by atoms with E-state index >= 15 is 0 Å². The summed E-state index contributed by atoms with van der Waals surface area (Å²) in [5.41, 5.74) is 2.30. The molecule has 0 unspecified atom stereocenters. The minimum absolute atomic E-state index is 0.0507. The summed E-state index contributed by atoms with van der Waals surface area (Å²) in [7, 11) is 0. The number of alkyl carbamates (subject to hydrolysis) is 1. The van der Waals surface area contributed by atoms with Gasteiger partial charge in [-0.05, 0) is 24.5 Å². The highest BCUT2D eigenvalue weighted by atomic mass is 16.5. The third-order valence-electron chi connectivity index (χ3n) is 2.95. The van der Waals surface area contributed by atoms with E-state index in [0.717, 1.165) is 0 Å². The van der Waals surface area contributed by atoms with Crippen LogP contribution in [0.3, 0.4) is 0 Å². The van der Waals surface area contributed by atoms with Crippen molar-refractivity contribution in [2.75, 3.05) is 0 Å². The topological polar surface area (TPSA) is 153 Å². The van der Waals surface area contributed by atoms with Gasteiger partial charge in [-0.1, -0.05) is 19.9 Å². The van der Waals surface area contributed by atoms with Crippen molar-refractivity contribution in [1.82, 2.24) is 20.7 Å². The molecule has 0 fully saturated rings. The summed E-state index contributed by atoms with van der Waals surface area (Å²) in [5.74, 6) is 9.57. The third-order valence-corrected chi connectivity index (χ3v) is 2.95. The van der Waals surface area contributed by atoms with Crippen molar-refractivity contribution in [3.8, 4) is 0 Å². The molecule has 0 spiro atoms. The van der Waals surface area contributed by atoms with Crippen LogP contribution >= 0.6 is 0 Å². The van der Waals surface area contributed by atoms with E-state index < -0.39 is 24.1 Å². The summed E-state index contributed by atoms with van der Waals surface area (Å²) in [4.78, 5) is 39.4. The number of rotatable bonds is 6. The molecule has 0 aliphatic heterocycles. The average molecular weight is 338 g/mol. The Labute approximate surface area is 139 Å². The minimum Gasteiger partial charge on any atom is -0.443 e. The van der Waals surface area contributed by atoms with Crippen LogP contribution < -0.4 is 22.4 Å². The fourth-order valence-corrected chi connectivity index (χ4v) is 1.84. The lowest BCUT2D eigenvalue weighted by Gasteiger charge is -2.23. The van der Waals surface area contributed by atoms with Crippen molar-refractivity contribution >= 4 is 18.0 Å². The minimum atomic E-state index is -1.02. The molecule has 0 radical (unpaired) electrons. The predicted octanol–water partition coefficient (Wildman–Crippen LogP) is 0.00810. The largest absolute Gasteiger partial charge is 0.443 e. The molecule has 0 aromatic carbocycles. The summed E-state index contributed by atoms with van der Waals surface area (Å²) in [6.45, 7) is 3.65. The van der Waals surface area contributed by atoms with E-state index in [4.69, 9.17) is 16.4 Å². The summed E-state index contributed by atoms with van der Waals surface area (Å²) in [6.07, 6.45) is 1.02. The highest BCUT2D eigenvalue weighted by Crippen LogP contribution is 2.08. The summed E-state index contributed by atoms with van der Waals surface area (Å²) in [5, 5.41) is 2.71. The van der Waals surface area contributed by atoms with Crippen molar-refractivity contribution in [3.63, 3.8) is 0 Å². The number of hydrazine groups is 2. The van der Waals surface area contributed by atoms with E-state index in [-0.39, 0.29) is 18.9 Å². The first kappa shape index (κ1) is 19.3. The number of nitrogens with two attached hydrogens (primary N) is 2. The van der Waals surface area contributed by atoms with Crippen molar-refractivity contribution in [3.05, 3.63) is 30.1 Å². The van der Waals surface area contributed by atoms with E-state index in [1.54, 1.807) is 29.8 Å². The van der Waals surface area contributed by atoms with Crippen LogP contribution in [0.15, 0.2) is 24.4 Å². The Kier molecular flexibility index (Phi) is 7.59. The van der Waals surface area contributed by atoms with Gasteiger partial charge in [-0.2, -0.15) is 5.01 Å². The Morgan fingerprint density at radius 3 is 2.58 bits per heavy atom. The van der Waals surface area contributed by atoms with Crippen LogP contribution in [0, 0.1) is 5.92 Å². The second-order valence-electron chi connectivity index (χ2n) is 5.38. The van der Waals surface area contributed by atoms with E-state index in [9.17, 15) is 14.4 Å². The smallest absolute Gasteiger partial charge is 0.408 e. The van der Waals surface area contributed by atoms with Crippen LogP contribution in [0.25, 0.3) is 0 Å². The van der Waals surface area contributed by atoms with Gasteiger partial charge < -0.3 is 10.1 Å². The van der Waals surface area contributed by atoms with Gasteiger partial charge >= 0.3 is 12.1 Å². The molecule has 0 saturated carbocycles. The number of amides is 4. The Morgan fingerprint density at radius 2 is 2.04 bits per heavy atom. The number of pyridine rings is 1. The maximum Gasteiger partial charge on any atom is 0.408 e. The standard InChI is InChI=1S/C14H22N6O4/c1-9(2)7-11(12(21)20(16)13(22)19-15)18-14(23)24-8-10-5-3-4-6-17-10/h3-6,9,11H,7-8,15-16H2,1-2H3,(H,18,23)(H,19,22)/t11-/m0/s1. The van der Waals surface area contributed by atoms with Crippen LogP contribution in [0.4, 0.5) is 9.59 Å². The van der Waals surface area contributed by atoms with E-state index in [0.29, 0.717) is 10.7 Å².